The van der Waals surface area contributed by atoms with Crippen LogP contribution in [0.1, 0.15) is 0 Å². The number of hydrogen-bond acceptors (Lipinski definition) is 3. The Balaban J connectivity index is 1.02. The minimum Gasteiger partial charge on any atom is -0.292 e. The summed E-state index contributed by atoms with van der Waals surface area (Å²) in [4.78, 5) is 15.2. The van der Waals surface area contributed by atoms with Gasteiger partial charge in [-0.25, -0.2) is 15.0 Å². The van der Waals surface area contributed by atoms with Crippen LogP contribution in [0.25, 0.3) is 95.0 Å². The smallest absolute Gasteiger partial charge is 0.160 e. The second-order valence-corrected chi connectivity index (χ2v) is 13.7. The van der Waals surface area contributed by atoms with Crippen LogP contribution in [0.2, 0.25) is 0 Å². The molecule has 0 aliphatic carbocycles. The summed E-state index contributed by atoms with van der Waals surface area (Å²) in [7, 11) is 0. The van der Waals surface area contributed by atoms with Crippen LogP contribution < -0.4 is 0 Å². The van der Waals surface area contributed by atoms with Gasteiger partial charge in [0.05, 0.1) is 22.4 Å². The van der Waals surface area contributed by atoms with Crippen molar-refractivity contribution in [1.29, 1.82) is 0 Å². The molecule has 10 aromatic rings. The lowest BCUT2D eigenvalue weighted by atomic mass is 9.93. The van der Waals surface area contributed by atoms with Crippen molar-refractivity contribution in [3.05, 3.63) is 206 Å². The first-order valence-corrected chi connectivity index (χ1v) is 18.5. The summed E-state index contributed by atoms with van der Waals surface area (Å²) in [6, 6.07) is 72.2. The SMILES string of the molecule is c1ccc(-c2cc(-c3cc(-c4ccc(-c5ccc(-n6c(-c7ccccc7)nc7ccccc76)cc5)cc4)cc4ccccc34)nc(-c3ccccc3)n2)cc1. The standard InChI is InChI=1S/C51H34N4/c1-4-14-38(15-5-1)47-34-48(53-50(52-47)39-16-6-2-7-17-39)45-33-42(32-41-20-10-11-21-44(41)45)37-26-24-35(25-27-37)36-28-30-43(31-29-36)55-49-23-13-12-22-46(49)54-51(55)40-18-8-3-9-19-40/h1-34H. The van der Waals surface area contributed by atoms with Gasteiger partial charge in [0.15, 0.2) is 5.82 Å². The molecule has 0 aliphatic heterocycles. The number of para-hydroxylation sites is 2. The van der Waals surface area contributed by atoms with Crippen molar-refractivity contribution in [3.8, 4) is 73.2 Å². The van der Waals surface area contributed by atoms with E-state index in [-0.39, 0.29) is 0 Å². The van der Waals surface area contributed by atoms with E-state index < -0.39 is 0 Å². The van der Waals surface area contributed by atoms with Gasteiger partial charge in [-0.3, -0.25) is 4.57 Å². The van der Waals surface area contributed by atoms with E-state index in [0.29, 0.717) is 5.82 Å². The third kappa shape index (κ3) is 6.16. The van der Waals surface area contributed by atoms with Crippen molar-refractivity contribution < 1.29 is 0 Å². The molecular formula is C51H34N4. The lowest BCUT2D eigenvalue weighted by Gasteiger charge is -2.14. The van der Waals surface area contributed by atoms with Crippen LogP contribution in [0.3, 0.4) is 0 Å². The van der Waals surface area contributed by atoms with E-state index in [4.69, 9.17) is 15.0 Å². The Morgan fingerprint density at radius 3 is 1.60 bits per heavy atom. The number of benzene rings is 8. The fourth-order valence-corrected chi connectivity index (χ4v) is 7.47. The van der Waals surface area contributed by atoms with E-state index in [2.05, 4.69) is 174 Å². The Bertz CT molecular complexity index is 2880. The number of fused-ring (bicyclic) bond motifs is 2. The molecule has 258 valence electrons. The molecule has 0 unspecified atom stereocenters. The normalized spacial score (nSPS) is 11.3. The molecule has 4 nitrogen and oxygen atoms in total. The fraction of sp³-hybridized carbons (Fsp3) is 0. The molecule has 55 heavy (non-hydrogen) atoms. The van der Waals surface area contributed by atoms with Gasteiger partial charge in [-0.1, -0.05) is 164 Å². The van der Waals surface area contributed by atoms with E-state index in [1.807, 2.05) is 36.4 Å². The summed E-state index contributed by atoms with van der Waals surface area (Å²) in [5, 5.41) is 2.32. The van der Waals surface area contributed by atoms with Crippen molar-refractivity contribution in [3.63, 3.8) is 0 Å². The van der Waals surface area contributed by atoms with Crippen molar-refractivity contribution in [2.24, 2.45) is 0 Å². The summed E-state index contributed by atoms with van der Waals surface area (Å²) in [5.74, 6) is 1.64. The highest BCUT2D eigenvalue weighted by atomic mass is 15.1. The third-order valence-electron chi connectivity index (χ3n) is 10.2. The molecular weight excluding hydrogens is 669 g/mol. The Morgan fingerprint density at radius 1 is 0.345 bits per heavy atom. The van der Waals surface area contributed by atoms with Crippen LogP contribution in [-0.2, 0) is 0 Å². The van der Waals surface area contributed by atoms with Gasteiger partial charge < -0.3 is 0 Å². The largest absolute Gasteiger partial charge is 0.292 e. The molecule has 0 atom stereocenters. The first-order valence-electron chi connectivity index (χ1n) is 18.5. The highest BCUT2D eigenvalue weighted by Crippen LogP contribution is 2.37. The highest BCUT2D eigenvalue weighted by molar-refractivity contribution is 6.00. The first-order chi connectivity index (χ1) is 27.2. The van der Waals surface area contributed by atoms with E-state index in [1.165, 1.54) is 0 Å². The molecule has 2 aromatic heterocycles. The number of aromatic nitrogens is 4. The maximum Gasteiger partial charge on any atom is 0.160 e. The van der Waals surface area contributed by atoms with Crippen LogP contribution in [-0.4, -0.2) is 19.5 Å². The zero-order valence-electron chi connectivity index (χ0n) is 29.9. The second kappa shape index (κ2) is 13.8. The van der Waals surface area contributed by atoms with Crippen molar-refractivity contribution in [2.45, 2.75) is 0 Å². The van der Waals surface area contributed by atoms with Gasteiger partial charge in [0.2, 0.25) is 0 Å². The molecule has 0 bridgehead atoms. The minimum absolute atomic E-state index is 0.708. The van der Waals surface area contributed by atoms with Crippen molar-refractivity contribution in [1.82, 2.24) is 19.5 Å². The monoisotopic (exact) mass is 702 g/mol. The van der Waals surface area contributed by atoms with E-state index in [0.717, 1.165) is 89.2 Å². The van der Waals surface area contributed by atoms with E-state index >= 15 is 0 Å². The molecule has 0 aliphatic rings. The van der Waals surface area contributed by atoms with Gasteiger partial charge >= 0.3 is 0 Å². The third-order valence-corrected chi connectivity index (χ3v) is 10.2. The maximum absolute atomic E-state index is 5.19. The van der Waals surface area contributed by atoms with Gasteiger partial charge in [0.1, 0.15) is 5.82 Å². The van der Waals surface area contributed by atoms with E-state index in [9.17, 15) is 0 Å². The average molecular weight is 703 g/mol. The number of rotatable bonds is 7. The molecule has 0 spiro atoms. The molecule has 2 heterocycles. The van der Waals surface area contributed by atoms with Crippen LogP contribution >= 0.6 is 0 Å². The Labute approximate surface area is 319 Å². The summed E-state index contributed by atoms with van der Waals surface area (Å²) >= 11 is 0. The minimum atomic E-state index is 0.708. The summed E-state index contributed by atoms with van der Waals surface area (Å²) in [5.41, 5.74) is 13.7. The molecule has 0 saturated heterocycles. The van der Waals surface area contributed by atoms with Crippen LogP contribution in [0.15, 0.2) is 206 Å². The lowest BCUT2D eigenvalue weighted by Crippen LogP contribution is -1.97. The van der Waals surface area contributed by atoms with Crippen LogP contribution in [0.5, 0.6) is 0 Å². The second-order valence-electron chi connectivity index (χ2n) is 13.7. The van der Waals surface area contributed by atoms with Crippen molar-refractivity contribution >= 4 is 21.8 Å². The Morgan fingerprint density at radius 2 is 0.891 bits per heavy atom. The molecule has 0 amide bonds. The Hall–Kier alpha value is -7.43. The van der Waals surface area contributed by atoms with Gasteiger partial charge in [-0.15, -0.1) is 0 Å². The molecule has 0 fully saturated rings. The number of hydrogen-bond donors (Lipinski definition) is 0. The molecule has 10 rings (SSSR count). The number of imidazole rings is 1. The predicted molar refractivity (Wildman–Crippen MR) is 227 cm³/mol. The lowest BCUT2D eigenvalue weighted by molar-refractivity contribution is 1.10. The molecule has 8 aromatic carbocycles. The summed E-state index contributed by atoms with van der Waals surface area (Å²) in [6.45, 7) is 0. The molecule has 4 heteroatoms. The molecule has 0 N–H and O–H groups in total. The molecule has 0 radical (unpaired) electrons. The quantitative estimate of drug-likeness (QED) is 0.166. The Kier molecular flexibility index (Phi) is 8.12. The highest BCUT2D eigenvalue weighted by Gasteiger charge is 2.16. The summed E-state index contributed by atoms with van der Waals surface area (Å²) in [6.07, 6.45) is 0. The van der Waals surface area contributed by atoms with E-state index in [1.54, 1.807) is 0 Å². The van der Waals surface area contributed by atoms with Crippen molar-refractivity contribution in [2.75, 3.05) is 0 Å². The van der Waals surface area contributed by atoms with Crippen LogP contribution in [0.4, 0.5) is 0 Å². The maximum atomic E-state index is 5.19. The topological polar surface area (TPSA) is 43.6 Å². The van der Waals surface area contributed by atoms with Gasteiger partial charge in [0, 0.05) is 27.9 Å². The zero-order chi connectivity index (χ0) is 36.6. The zero-order valence-corrected chi connectivity index (χ0v) is 29.9. The molecule has 0 saturated carbocycles. The predicted octanol–water partition coefficient (Wildman–Crippen LogP) is 13.0. The fourth-order valence-electron chi connectivity index (χ4n) is 7.47. The number of nitrogens with zero attached hydrogens (tertiary/aromatic N) is 4. The summed E-state index contributed by atoms with van der Waals surface area (Å²) < 4.78 is 2.25. The first kappa shape index (κ1) is 32.2. The average Bonchev–Trinajstić information content (AvgIpc) is 3.67. The van der Waals surface area contributed by atoms with Crippen LogP contribution in [0, 0.1) is 0 Å². The van der Waals surface area contributed by atoms with Gasteiger partial charge in [0.25, 0.3) is 0 Å². The van der Waals surface area contributed by atoms with Gasteiger partial charge in [-0.05, 0) is 75.5 Å². The van der Waals surface area contributed by atoms with Gasteiger partial charge in [-0.2, -0.15) is 0 Å².